The molecule has 0 unspecified atom stereocenters. The number of fused-ring (bicyclic) bond motifs is 4. The van der Waals surface area contributed by atoms with Gasteiger partial charge in [0.2, 0.25) is 0 Å². The molecule has 0 radical (unpaired) electrons. The van der Waals surface area contributed by atoms with Crippen LogP contribution in [0.4, 0.5) is 0 Å². The topological polar surface area (TPSA) is 48.5 Å². The number of benzene rings is 8. The van der Waals surface area contributed by atoms with E-state index in [4.69, 9.17) is 15.0 Å². The third-order valence-electron chi connectivity index (χ3n) is 12.0. The molecule has 278 valence electrons. The van der Waals surface area contributed by atoms with Gasteiger partial charge in [-0.3, -0.25) is 0 Å². The largest absolute Gasteiger partial charge is 0.307 e. The van der Waals surface area contributed by atoms with Crippen LogP contribution in [0, 0.1) is 6.92 Å². The molecule has 1 aliphatic carbocycles. The normalized spacial score (nSPS) is 12.4. The average Bonchev–Trinajstić information content (AvgIpc) is 3.83. The Morgan fingerprint density at radius 3 is 1.63 bits per heavy atom. The number of para-hydroxylation sites is 1. The summed E-state index contributed by atoms with van der Waals surface area (Å²) in [5.41, 5.74) is 16.3. The van der Waals surface area contributed by atoms with Crippen LogP contribution in [0.3, 0.4) is 0 Å². The summed E-state index contributed by atoms with van der Waals surface area (Å²) in [6, 6.07) is 65.1. The monoisotopic (exact) mass is 755 g/mol. The van der Waals surface area contributed by atoms with Crippen molar-refractivity contribution in [1.29, 1.82) is 0 Å². The number of aromatic nitrogens is 5. The van der Waals surface area contributed by atoms with Gasteiger partial charge in [-0.2, -0.15) is 0 Å². The Kier molecular flexibility index (Phi) is 7.51. The van der Waals surface area contributed by atoms with Crippen LogP contribution in [0.15, 0.2) is 182 Å². The lowest BCUT2D eigenvalue weighted by atomic mass is 9.90. The summed E-state index contributed by atoms with van der Waals surface area (Å²) >= 11 is 0. The Bertz CT molecular complexity index is 3360. The summed E-state index contributed by atoms with van der Waals surface area (Å²) in [4.78, 5) is 15.3. The highest BCUT2D eigenvalue weighted by atomic mass is 15.1. The SMILES string of the molecule is Cc1cc(-c2nc(-c3ccccc3)nc(-c3ccccc3)n2)cc(-n2c3cccc4c3c3c(cc5c6ccccc6n(-c6ccc(-c7ccccc7)cc6)c5c32)CC4)c1. The minimum absolute atomic E-state index is 0.645. The van der Waals surface area contributed by atoms with Gasteiger partial charge in [-0.1, -0.05) is 133 Å². The molecule has 5 heteroatoms. The van der Waals surface area contributed by atoms with Crippen molar-refractivity contribution in [2.75, 3.05) is 0 Å². The second kappa shape index (κ2) is 13.2. The van der Waals surface area contributed by atoms with Crippen molar-refractivity contribution in [3.05, 3.63) is 199 Å². The predicted molar refractivity (Wildman–Crippen MR) is 242 cm³/mol. The molecule has 0 aliphatic heterocycles. The van der Waals surface area contributed by atoms with Gasteiger partial charge in [-0.05, 0) is 96.1 Å². The van der Waals surface area contributed by atoms with Gasteiger partial charge in [-0.15, -0.1) is 0 Å². The Morgan fingerprint density at radius 2 is 0.932 bits per heavy atom. The van der Waals surface area contributed by atoms with E-state index >= 15 is 0 Å². The first kappa shape index (κ1) is 33.5. The molecule has 59 heavy (non-hydrogen) atoms. The fraction of sp³-hybridized carbons (Fsp3) is 0.0556. The molecular weight excluding hydrogens is 719 g/mol. The van der Waals surface area contributed by atoms with E-state index in [1.807, 2.05) is 36.4 Å². The molecule has 12 rings (SSSR count). The molecule has 0 N–H and O–H groups in total. The molecule has 3 heterocycles. The van der Waals surface area contributed by atoms with Crippen molar-refractivity contribution < 1.29 is 0 Å². The van der Waals surface area contributed by atoms with Crippen molar-refractivity contribution in [2.24, 2.45) is 0 Å². The third-order valence-corrected chi connectivity index (χ3v) is 12.0. The number of hydrogen-bond donors (Lipinski definition) is 0. The van der Waals surface area contributed by atoms with Crippen LogP contribution in [-0.4, -0.2) is 24.1 Å². The summed E-state index contributed by atoms with van der Waals surface area (Å²) in [6.45, 7) is 2.17. The fourth-order valence-corrected chi connectivity index (χ4v) is 9.44. The smallest absolute Gasteiger partial charge is 0.164 e. The number of aryl methyl sites for hydroxylation is 3. The predicted octanol–water partition coefficient (Wildman–Crippen LogP) is 13.1. The summed E-state index contributed by atoms with van der Waals surface area (Å²) in [5.74, 6) is 1.95. The van der Waals surface area contributed by atoms with Crippen LogP contribution in [0.1, 0.15) is 16.7 Å². The van der Waals surface area contributed by atoms with Gasteiger partial charge in [0.1, 0.15) is 0 Å². The first-order chi connectivity index (χ1) is 29.2. The molecular formula is C54H37N5. The maximum Gasteiger partial charge on any atom is 0.164 e. The lowest BCUT2D eigenvalue weighted by Crippen LogP contribution is -2.02. The van der Waals surface area contributed by atoms with E-state index in [9.17, 15) is 0 Å². The molecule has 11 aromatic rings. The zero-order valence-corrected chi connectivity index (χ0v) is 32.5. The van der Waals surface area contributed by atoms with Gasteiger partial charge in [0, 0.05) is 49.6 Å². The van der Waals surface area contributed by atoms with Crippen LogP contribution in [0.25, 0.3) is 100 Å². The number of hydrogen-bond acceptors (Lipinski definition) is 3. The molecule has 0 saturated heterocycles. The summed E-state index contributed by atoms with van der Waals surface area (Å²) in [6.07, 6.45) is 2.02. The molecule has 0 atom stereocenters. The molecule has 8 aromatic carbocycles. The first-order valence-corrected chi connectivity index (χ1v) is 20.3. The van der Waals surface area contributed by atoms with Crippen LogP contribution >= 0.6 is 0 Å². The highest BCUT2D eigenvalue weighted by Crippen LogP contribution is 2.47. The van der Waals surface area contributed by atoms with Gasteiger partial charge >= 0.3 is 0 Å². The lowest BCUT2D eigenvalue weighted by Gasteiger charge is -2.16. The minimum Gasteiger partial charge on any atom is -0.307 e. The van der Waals surface area contributed by atoms with E-state index in [1.165, 1.54) is 65.9 Å². The van der Waals surface area contributed by atoms with E-state index in [0.29, 0.717) is 17.5 Å². The summed E-state index contributed by atoms with van der Waals surface area (Å²) < 4.78 is 5.01. The van der Waals surface area contributed by atoms with Crippen molar-refractivity contribution in [3.63, 3.8) is 0 Å². The Balaban J connectivity index is 1.15. The van der Waals surface area contributed by atoms with Crippen molar-refractivity contribution >= 4 is 43.6 Å². The lowest BCUT2D eigenvalue weighted by molar-refractivity contribution is 0.971. The van der Waals surface area contributed by atoms with Crippen LogP contribution in [-0.2, 0) is 12.8 Å². The fourth-order valence-electron chi connectivity index (χ4n) is 9.44. The van der Waals surface area contributed by atoms with Crippen molar-refractivity contribution in [1.82, 2.24) is 24.1 Å². The zero-order chi connectivity index (χ0) is 39.0. The molecule has 0 fully saturated rings. The minimum atomic E-state index is 0.645. The van der Waals surface area contributed by atoms with E-state index in [0.717, 1.165) is 46.5 Å². The van der Waals surface area contributed by atoms with E-state index in [-0.39, 0.29) is 0 Å². The van der Waals surface area contributed by atoms with Gasteiger partial charge < -0.3 is 9.13 Å². The molecule has 0 spiro atoms. The molecule has 5 nitrogen and oxygen atoms in total. The first-order valence-electron chi connectivity index (χ1n) is 20.3. The van der Waals surface area contributed by atoms with E-state index < -0.39 is 0 Å². The maximum atomic E-state index is 5.15. The highest BCUT2D eigenvalue weighted by Gasteiger charge is 2.27. The number of nitrogens with zero attached hydrogens (tertiary/aromatic N) is 5. The van der Waals surface area contributed by atoms with Gasteiger partial charge in [0.15, 0.2) is 17.5 Å². The maximum absolute atomic E-state index is 5.15. The van der Waals surface area contributed by atoms with Gasteiger partial charge in [0.05, 0.1) is 22.1 Å². The molecule has 0 saturated carbocycles. The Hall–Kier alpha value is -7.63. The summed E-state index contributed by atoms with van der Waals surface area (Å²) in [7, 11) is 0. The molecule has 0 amide bonds. The summed E-state index contributed by atoms with van der Waals surface area (Å²) in [5, 5.41) is 5.23. The Labute approximate surface area is 341 Å². The van der Waals surface area contributed by atoms with Crippen LogP contribution < -0.4 is 0 Å². The van der Waals surface area contributed by atoms with Crippen molar-refractivity contribution in [2.45, 2.75) is 19.8 Å². The third kappa shape index (κ3) is 5.35. The van der Waals surface area contributed by atoms with Crippen LogP contribution in [0.2, 0.25) is 0 Å². The Morgan fingerprint density at radius 1 is 0.373 bits per heavy atom. The van der Waals surface area contributed by atoms with E-state index in [2.05, 4.69) is 162 Å². The highest BCUT2D eigenvalue weighted by molar-refractivity contribution is 6.26. The average molecular weight is 756 g/mol. The van der Waals surface area contributed by atoms with Crippen molar-refractivity contribution in [3.8, 4) is 56.7 Å². The number of rotatable bonds is 6. The zero-order valence-electron chi connectivity index (χ0n) is 32.5. The van der Waals surface area contributed by atoms with E-state index in [1.54, 1.807) is 0 Å². The quantitative estimate of drug-likeness (QED) is 0.170. The van der Waals surface area contributed by atoms with Gasteiger partial charge in [0.25, 0.3) is 0 Å². The standard InChI is InChI=1S/C54H37N5/c1-34-30-41(54-56-52(38-16-7-3-8-17-38)55-53(57-54)39-18-9-4-10-19-39)32-43(31-34)59-47-23-13-20-37-24-25-40-33-45-44-21-11-12-22-46(44)58(50(45)51(59)49(40)48(37)47)42-28-26-36(27-29-42)35-14-5-2-6-15-35/h2-23,26-33H,24-25H2,1H3. The molecule has 3 aromatic heterocycles. The molecule has 0 bridgehead atoms. The van der Waals surface area contributed by atoms with Gasteiger partial charge in [-0.25, -0.2) is 15.0 Å². The van der Waals surface area contributed by atoms with Crippen LogP contribution in [0.5, 0.6) is 0 Å². The second-order valence-corrected chi connectivity index (χ2v) is 15.7. The second-order valence-electron chi connectivity index (χ2n) is 15.7. The molecule has 1 aliphatic rings.